The number of halogens is 12. The van der Waals surface area contributed by atoms with Gasteiger partial charge in [-0.05, 0) is 130 Å². The lowest BCUT2D eigenvalue weighted by atomic mass is 9.84. The van der Waals surface area contributed by atoms with Gasteiger partial charge in [-0.1, -0.05) is 33.6 Å². The van der Waals surface area contributed by atoms with Crippen LogP contribution in [0.2, 0.25) is 0 Å². The van der Waals surface area contributed by atoms with Crippen molar-refractivity contribution in [2.24, 2.45) is 5.92 Å². The molecule has 9 rings (SSSR count). The highest BCUT2D eigenvalue weighted by molar-refractivity contribution is 6.08. The topological polar surface area (TPSA) is 184 Å². The van der Waals surface area contributed by atoms with Crippen molar-refractivity contribution in [1.82, 2.24) is 13.7 Å². The Hall–Kier alpha value is -10.1. The number of rotatable bonds is 15. The molecular weight excluding hydrogens is 1280 g/mol. The quantitative estimate of drug-likeness (QED) is 0.0758. The fraction of sp³-hybridized carbons (Fsp3) is 0.294. The van der Waals surface area contributed by atoms with E-state index in [2.05, 4.69) is 0 Å². The van der Waals surface area contributed by atoms with Crippen LogP contribution in [0.15, 0.2) is 103 Å². The summed E-state index contributed by atoms with van der Waals surface area (Å²) < 4.78 is 189. The average molecular weight is 1340 g/mol. The fourth-order valence-corrected chi connectivity index (χ4v) is 10.9. The van der Waals surface area contributed by atoms with Gasteiger partial charge in [0.25, 0.3) is 17.7 Å². The van der Waals surface area contributed by atoms with Gasteiger partial charge < -0.3 is 28.8 Å². The van der Waals surface area contributed by atoms with Crippen molar-refractivity contribution in [3.05, 3.63) is 182 Å². The van der Waals surface area contributed by atoms with Crippen LogP contribution in [-0.2, 0) is 39.3 Å². The van der Waals surface area contributed by atoms with Gasteiger partial charge in [-0.25, -0.2) is 13.2 Å². The molecule has 0 spiro atoms. The zero-order valence-corrected chi connectivity index (χ0v) is 52.6. The van der Waals surface area contributed by atoms with Crippen LogP contribution in [0.3, 0.4) is 0 Å². The van der Waals surface area contributed by atoms with Gasteiger partial charge in [0.05, 0.1) is 77.3 Å². The molecule has 0 saturated carbocycles. The van der Waals surface area contributed by atoms with Gasteiger partial charge in [-0.2, -0.15) is 39.5 Å². The Morgan fingerprint density at radius 3 is 1.23 bits per heavy atom. The third-order valence-corrected chi connectivity index (χ3v) is 15.6. The Morgan fingerprint density at radius 2 is 0.863 bits per heavy atom. The van der Waals surface area contributed by atoms with E-state index in [0.29, 0.717) is 41.2 Å². The molecule has 0 saturated heterocycles. The first-order valence-electron chi connectivity index (χ1n) is 28.9. The molecule has 27 heteroatoms. The van der Waals surface area contributed by atoms with E-state index in [0.717, 1.165) is 111 Å². The summed E-state index contributed by atoms with van der Waals surface area (Å²) in [7, 11) is 3.85. The van der Waals surface area contributed by atoms with Crippen molar-refractivity contribution < 1.29 is 110 Å². The van der Waals surface area contributed by atoms with Gasteiger partial charge in [-0.15, -0.1) is 0 Å². The third-order valence-electron chi connectivity index (χ3n) is 15.6. The molecule has 3 heterocycles. The van der Waals surface area contributed by atoms with Crippen molar-refractivity contribution in [1.29, 1.82) is 0 Å². The lowest BCUT2D eigenvalue weighted by Gasteiger charge is -2.20. The molecule has 15 nitrogen and oxygen atoms in total. The van der Waals surface area contributed by atoms with Crippen molar-refractivity contribution in [2.75, 3.05) is 21.3 Å². The molecule has 0 aliphatic heterocycles. The number of carboxylic acids is 1. The smallest absolute Gasteiger partial charge is 0.416 e. The van der Waals surface area contributed by atoms with Crippen LogP contribution in [0.4, 0.5) is 52.7 Å². The maximum absolute atomic E-state index is 15.0. The molecule has 2 unspecified atom stereocenters. The minimum atomic E-state index is -4.56. The largest absolute Gasteiger partial charge is 0.494 e. The zero-order chi connectivity index (χ0) is 70.7. The number of methoxy groups -OCH3 is 3. The Balaban J connectivity index is 0.000000202. The van der Waals surface area contributed by atoms with E-state index in [4.69, 9.17) is 23.7 Å². The van der Waals surface area contributed by atoms with Crippen LogP contribution in [0.25, 0.3) is 32.7 Å². The molecule has 1 N–H and O–H groups in total. The zero-order valence-electron chi connectivity index (χ0n) is 52.6. The van der Waals surface area contributed by atoms with Gasteiger partial charge in [-0.3, -0.25) is 42.5 Å². The Morgan fingerprint density at radius 1 is 0.495 bits per heavy atom. The van der Waals surface area contributed by atoms with Crippen LogP contribution in [0.5, 0.6) is 28.7 Å². The second-order valence-electron chi connectivity index (χ2n) is 21.7. The number of unbranched alkanes of at least 4 members (excludes halogenated alkanes) is 1. The van der Waals surface area contributed by atoms with Crippen LogP contribution < -0.4 is 23.7 Å². The maximum Gasteiger partial charge on any atom is 0.416 e. The van der Waals surface area contributed by atoms with E-state index in [1.54, 1.807) is 13.8 Å². The normalized spacial score (nSPS) is 12.3. The maximum atomic E-state index is 15.0. The summed E-state index contributed by atoms with van der Waals surface area (Å²) in [5.41, 5.74) is -1.05. The van der Waals surface area contributed by atoms with E-state index in [9.17, 15) is 86.6 Å². The second kappa shape index (κ2) is 28.6. The van der Waals surface area contributed by atoms with E-state index >= 15 is 0 Å². The van der Waals surface area contributed by atoms with Crippen molar-refractivity contribution in [2.45, 2.75) is 106 Å². The minimum absolute atomic E-state index is 0.0107. The first-order valence-corrected chi connectivity index (χ1v) is 28.9. The molecule has 95 heavy (non-hydrogen) atoms. The number of fused-ring (bicyclic) bond motifs is 3. The number of aromatic nitrogens is 3. The van der Waals surface area contributed by atoms with Crippen molar-refractivity contribution >= 4 is 68.3 Å². The Kier molecular flexibility index (Phi) is 21.8. The Bertz CT molecular complexity index is 4430. The number of carbonyl (C=O) groups is 6. The summed E-state index contributed by atoms with van der Waals surface area (Å²) in [4.78, 5) is 75.1. The van der Waals surface area contributed by atoms with Crippen molar-refractivity contribution in [3.8, 4) is 28.7 Å². The van der Waals surface area contributed by atoms with Crippen LogP contribution in [0, 0.1) is 44.1 Å². The van der Waals surface area contributed by atoms with Crippen LogP contribution in [-0.4, -0.2) is 75.8 Å². The van der Waals surface area contributed by atoms with Crippen molar-refractivity contribution in [3.63, 3.8) is 0 Å². The number of alkyl halides is 9. The predicted molar refractivity (Wildman–Crippen MR) is 324 cm³/mol. The van der Waals surface area contributed by atoms with Crippen LogP contribution in [0.1, 0.15) is 136 Å². The summed E-state index contributed by atoms with van der Waals surface area (Å²) in [5.74, 6) is -8.12. The molecule has 0 bridgehead atoms. The molecule has 2 atom stereocenters. The number of aryl methyl sites for hydroxylation is 1. The first kappa shape index (κ1) is 72.3. The van der Waals surface area contributed by atoms with Gasteiger partial charge >= 0.3 is 36.4 Å². The van der Waals surface area contributed by atoms with Gasteiger partial charge in [0.15, 0.2) is 46.2 Å². The monoisotopic (exact) mass is 1340 g/mol. The Labute approximate surface area is 534 Å². The van der Waals surface area contributed by atoms with Gasteiger partial charge in [0, 0.05) is 70.8 Å². The highest BCUT2D eigenvalue weighted by Crippen LogP contribution is 2.44. The molecule has 0 aliphatic carbocycles. The molecule has 504 valence electrons. The molecule has 0 fully saturated rings. The molecule has 0 aliphatic rings. The highest BCUT2D eigenvalue weighted by atomic mass is 19.4. The summed E-state index contributed by atoms with van der Waals surface area (Å²) in [6.07, 6.45) is -11.2. The van der Waals surface area contributed by atoms with Crippen LogP contribution >= 0.6 is 0 Å². The minimum Gasteiger partial charge on any atom is -0.494 e. The summed E-state index contributed by atoms with van der Waals surface area (Å²) in [5, 5.41) is 10.9. The van der Waals surface area contributed by atoms with E-state index in [1.165, 1.54) is 61.2 Å². The highest BCUT2D eigenvalue weighted by Gasteiger charge is 2.37. The number of esters is 2. The number of nitrogens with zero attached hydrogens (tertiary/aromatic N) is 3. The number of aliphatic carboxylic acids is 1. The predicted octanol–water partition coefficient (Wildman–Crippen LogP) is 16.8. The number of hydrogen-bond acceptors (Lipinski definition) is 11. The number of carboxylic acid groups (broad SMARTS) is 1. The number of hydrogen-bond donors (Lipinski definition) is 1. The average Bonchev–Trinajstić information content (AvgIpc) is 1.61. The second-order valence-corrected chi connectivity index (χ2v) is 21.7. The lowest BCUT2D eigenvalue weighted by Crippen LogP contribution is -2.21. The number of benzene rings is 6. The molecule has 3 aromatic heterocycles. The summed E-state index contributed by atoms with van der Waals surface area (Å²) >= 11 is 0. The standard InChI is InChI=1S/2C24H23F4NO4.C20H15F4NO4/c1-5-12(2)20(23(31)32)21-13(3)29(18-11-17(25)19(33-4)10-16(18)21)22(30)14-6-8-15(9-7-14)24(26,27)28;1-5-6-7-17-20-19(12-18(25)22(17)32-4)29(13(2)21(20)33-14(3)30)23(31)15-8-10-16(11-9-15)24(26,27)28;1-10-18(29-11(2)26)14-8-17(28-3)15(21)9-16(14)25(10)19(27)12-4-6-13(7-5-12)20(22,23)24/h6-12,20H,5H2,1-4H3,(H,31,32);8-12H,5-7H2,1-4H3;4-9H,1-3H3. The molecular formula is C68H61F12N3O12. The molecule has 9 aromatic rings. The van der Waals surface area contributed by atoms with Gasteiger partial charge in [0.2, 0.25) is 0 Å². The molecule has 0 radical (unpaired) electrons. The number of ether oxygens (including phenoxy) is 5. The molecule has 0 amide bonds. The third kappa shape index (κ3) is 15.0. The fourth-order valence-electron chi connectivity index (χ4n) is 10.9. The summed E-state index contributed by atoms with van der Waals surface area (Å²) in [6, 6.07) is 16.8. The van der Waals surface area contributed by atoms with Gasteiger partial charge in [0.1, 0.15) is 0 Å². The van der Waals surface area contributed by atoms with E-state index in [1.807, 2.05) is 13.8 Å². The van der Waals surface area contributed by atoms with E-state index in [-0.39, 0.29) is 90.4 Å². The lowest BCUT2D eigenvalue weighted by molar-refractivity contribution is -0.140. The van der Waals surface area contributed by atoms with E-state index < -0.39 is 94.2 Å². The molecule has 6 aromatic carbocycles. The first-order chi connectivity index (χ1) is 44.5. The number of carbonyl (C=O) groups excluding carboxylic acids is 5. The SMILES string of the molecule is CCC(C)C(C(=O)O)c1c(C)n(C(=O)c2ccc(C(F)(F)F)cc2)c2cc(F)c(OC)cc12.CCCCc1c(OC)c(F)cc2c1c(OC(C)=O)c(C)n2C(=O)c1ccc(C(F)(F)F)cc1.COc1cc2c(OC(C)=O)c(C)n(C(=O)c3ccc(C(F)(F)F)cc3)c2cc1F. The summed E-state index contributed by atoms with van der Waals surface area (Å²) in [6.45, 7) is 12.5.